The van der Waals surface area contributed by atoms with E-state index in [4.69, 9.17) is 9.72 Å². The average molecular weight is 353 g/mol. The topological polar surface area (TPSA) is 47.0 Å². The SMILES string of the molecule is Cc1cc(COc2ccc3nc(NC4CCCCC4)sc3c2)ccn1. The van der Waals surface area contributed by atoms with Crippen LogP contribution in [-0.2, 0) is 6.61 Å². The summed E-state index contributed by atoms with van der Waals surface area (Å²) in [5, 5.41) is 4.64. The van der Waals surface area contributed by atoms with Crippen molar-refractivity contribution < 1.29 is 4.74 Å². The number of aromatic nitrogens is 2. The van der Waals surface area contributed by atoms with Crippen molar-refractivity contribution in [3.63, 3.8) is 0 Å². The fourth-order valence-electron chi connectivity index (χ4n) is 3.34. The van der Waals surface area contributed by atoms with Gasteiger partial charge in [-0.25, -0.2) is 4.98 Å². The van der Waals surface area contributed by atoms with Gasteiger partial charge in [-0.05, 0) is 55.7 Å². The predicted molar refractivity (Wildman–Crippen MR) is 103 cm³/mol. The van der Waals surface area contributed by atoms with Crippen LogP contribution in [0, 0.1) is 6.92 Å². The maximum absolute atomic E-state index is 5.95. The number of thiazole rings is 1. The Bertz CT molecular complexity index is 855. The zero-order valence-electron chi connectivity index (χ0n) is 14.5. The Labute approximate surface area is 152 Å². The molecule has 0 saturated heterocycles. The van der Waals surface area contributed by atoms with E-state index in [2.05, 4.69) is 22.4 Å². The highest BCUT2D eigenvalue weighted by Crippen LogP contribution is 2.31. The lowest BCUT2D eigenvalue weighted by Gasteiger charge is -2.22. The highest BCUT2D eigenvalue weighted by molar-refractivity contribution is 7.22. The van der Waals surface area contributed by atoms with Crippen molar-refractivity contribution in [2.24, 2.45) is 0 Å². The van der Waals surface area contributed by atoms with Crippen molar-refractivity contribution in [3.8, 4) is 5.75 Å². The number of pyridine rings is 1. The van der Waals surface area contributed by atoms with Crippen LogP contribution in [0.2, 0.25) is 0 Å². The Kier molecular flexibility index (Phi) is 4.83. The molecule has 0 atom stereocenters. The number of ether oxygens (including phenoxy) is 1. The number of hydrogen-bond donors (Lipinski definition) is 1. The molecule has 5 heteroatoms. The van der Waals surface area contributed by atoms with Crippen LogP contribution in [0.15, 0.2) is 36.5 Å². The maximum Gasteiger partial charge on any atom is 0.184 e. The van der Waals surface area contributed by atoms with Crippen molar-refractivity contribution in [1.82, 2.24) is 9.97 Å². The van der Waals surface area contributed by atoms with E-state index >= 15 is 0 Å². The van der Waals surface area contributed by atoms with E-state index in [0.29, 0.717) is 12.6 Å². The number of anilines is 1. The molecule has 0 unspecified atom stereocenters. The van der Waals surface area contributed by atoms with E-state index in [1.165, 1.54) is 36.8 Å². The smallest absolute Gasteiger partial charge is 0.184 e. The summed E-state index contributed by atoms with van der Waals surface area (Å²) in [6, 6.07) is 10.8. The van der Waals surface area contributed by atoms with Crippen molar-refractivity contribution in [1.29, 1.82) is 0 Å². The molecule has 4 rings (SSSR count). The molecule has 1 aliphatic rings. The molecule has 1 fully saturated rings. The van der Waals surface area contributed by atoms with E-state index in [0.717, 1.165) is 27.7 Å². The molecule has 3 aromatic rings. The van der Waals surface area contributed by atoms with Crippen LogP contribution >= 0.6 is 11.3 Å². The van der Waals surface area contributed by atoms with Crippen LogP contribution in [0.3, 0.4) is 0 Å². The molecule has 0 radical (unpaired) electrons. The van der Waals surface area contributed by atoms with Crippen LogP contribution in [0.5, 0.6) is 5.75 Å². The number of nitrogens with zero attached hydrogens (tertiary/aromatic N) is 2. The molecule has 1 N–H and O–H groups in total. The van der Waals surface area contributed by atoms with Gasteiger partial charge in [0.1, 0.15) is 12.4 Å². The highest BCUT2D eigenvalue weighted by Gasteiger charge is 2.15. The standard InChI is InChI=1S/C20H23N3OS/c1-14-11-15(9-10-21-14)13-24-17-7-8-18-19(12-17)25-20(23-18)22-16-5-3-2-4-6-16/h7-12,16H,2-6,13H2,1H3,(H,22,23). The number of hydrogen-bond acceptors (Lipinski definition) is 5. The Hall–Kier alpha value is -2.14. The van der Waals surface area contributed by atoms with Gasteiger partial charge in [0.15, 0.2) is 5.13 Å². The molecule has 4 nitrogen and oxygen atoms in total. The summed E-state index contributed by atoms with van der Waals surface area (Å²) >= 11 is 1.72. The van der Waals surface area contributed by atoms with E-state index in [-0.39, 0.29) is 0 Å². The molecule has 1 aliphatic carbocycles. The third-order valence-electron chi connectivity index (χ3n) is 4.66. The first-order valence-corrected chi connectivity index (χ1v) is 9.79. The van der Waals surface area contributed by atoms with Crippen molar-refractivity contribution >= 4 is 26.7 Å². The minimum Gasteiger partial charge on any atom is -0.489 e. The summed E-state index contributed by atoms with van der Waals surface area (Å²) in [5.41, 5.74) is 3.18. The van der Waals surface area contributed by atoms with Gasteiger partial charge in [-0.1, -0.05) is 30.6 Å². The monoisotopic (exact) mass is 353 g/mol. The highest BCUT2D eigenvalue weighted by atomic mass is 32.1. The third kappa shape index (κ3) is 4.10. The van der Waals surface area contributed by atoms with Gasteiger partial charge in [0.25, 0.3) is 0 Å². The molecule has 2 aromatic heterocycles. The molecule has 0 spiro atoms. The van der Waals surface area contributed by atoms with E-state index in [9.17, 15) is 0 Å². The molecule has 0 aliphatic heterocycles. The Morgan fingerprint density at radius 3 is 2.88 bits per heavy atom. The number of benzene rings is 1. The lowest BCUT2D eigenvalue weighted by Crippen LogP contribution is -2.21. The molecule has 2 heterocycles. The number of aryl methyl sites for hydroxylation is 1. The van der Waals surface area contributed by atoms with Crippen LogP contribution < -0.4 is 10.1 Å². The van der Waals surface area contributed by atoms with Gasteiger partial charge in [-0.2, -0.15) is 0 Å². The molecule has 0 amide bonds. The van der Waals surface area contributed by atoms with Crippen LogP contribution in [-0.4, -0.2) is 16.0 Å². The molecule has 130 valence electrons. The largest absolute Gasteiger partial charge is 0.489 e. The lowest BCUT2D eigenvalue weighted by molar-refractivity contribution is 0.306. The van der Waals surface area contributed by atoms with Gasteiger partial charge >= 0.3 is 0 Å². The quantitative estimate of drug-likeness (QED) is 0.674. The number of rotatable bonds is 5. The lowest BCUT2D eigenvalue weighted by atomic mass is 9.96. The summed E-state index contributed by atoms with van der Waals surface area (Å²) in [6.45, 7) is 2.55. The number of fused-ring (bicyclic) bond motifs is 1. The van der Waals surface area contributed by atoms with E-state index in [1.807, 2.05) is 31.3 Å². The summed E-state index contributed by atoms with van der Waals surface area (Å²) in [7, 11) is 0. The second kappa shape index (κ2) is 7.40. The third-order valence-corrected chi connectivity index (χ3v) is 5.61. The average Bonchev–Trinajstić information content (AvgIpc) is 3.02. The molecule has 0 bridgehead atoms. The fraction of sp³-hybridized carbons (Fsp3) is 0.400. The Morgan fingerprint density at radius 1 is 1.16 bits per heavy atom. The van der Waals surface area contributed by atoms with Crippen LogP contribution in [0.4, 0.5) is 5.13 Å². The first-order valence-electron chi connectivity index (χ1n) is 8.98. The first-order chi connectivity index (χ1) is 12.3. The Balaban J connectivity index is 1.44. The van der Waals surface area contributed by atoms with Crippen molar-refractivity contribution in [2.45, 2.75) is 51.7 Å². The minimum absolute atomic E-state index is 0.556. The molecule has 1 saturated carbocycles. The molecular formula is C20H23N3OS. The molecular weight excluding hydrogens is 330 g/mol. The van der Waals surface area contributed by atoms with Crippen molar-refractivity contribution in [3.05, 3.63) is 47.8 Å². The summed E-state index contributed by atoms with van der Waals surface area (Å²) in [5.74, 6) is 0.884. The maximum atomic E-state index is 5.95. The second-order valence-electron chi connectivity index (χ2n) is 6.72. The fourth-order valence-corrected chi connectivity index (χ4v) is 4.31. The van der Waals surface area contributed by atoms with Gasteiger partial charge in [0.05, 0.1) is 10.2 Å². The van der Waals surface area contributed by atoms with Crippen molar-refractivity contribution in [2.75, 3.05) is 5.32 Å². The van der Waals surface area contributed by atoms with Crippen LogP contribution in [0.1, 0.15) is 43.4 Å². The summed E-state index contributed by atoms with van der Waals surface area (Å²) in [6.07, 6.45) is 8.37. The van der Waals surface area contributed by atoms with Gasteiger partial charge in [0, 0.05) is 17.9 Å². The van der Waals surface area contributed by atoms with E-state index < -0.39 is 0 Å². The van der Waals surface area contributed by atoms with Gasteiger partial charge in [0.2, 0.25) is 0 Å². The predicted octanol–water partition coefficient (Wildman–Crippen LogP) is 5.32. The van der Waals surface area contributed by atoms with Crippen LogP contribution in [0.25, 0.3) is 10.2 Å². The molecule has 1 aromatic carbocycles. The zero-order chi connectivity index (χ0) is 17.1. The number of nitrogens with one attached hydrogen (secondary N) is 1. The van der Waals surface area contributed by atoms with Gasteiger partial charge in [-0.15, -0.1) is 0 Å². The Morgan fingerprint density at radius 2 is 2.04 bits per heavy atom. The van der Waals surface area contributed by atoms with Gasteiger partial charge in [-0.3, -0.25) is 4.98 Å². The summed E-state index contributed by atoms with van der Waals surface area (Å²) in [4.78, 5) is 8.94. The molecule has 25 heavy (non-hydrogen) atoms. The summed E-state index contributed by atoms with van der Waals surface area (Å²) < 4.78 is 7.11. The zero-order valence-corrected chi connectivity index (χ0v) is 15.3. The van der Waals surface area contributed by atoms with E-state index in [1.54, 1.807) is 11.3 Å². The normalized spacial score (nSPS) is 15.4. The minimum atomic E-state index is 0.556. The first kappa shape index (κ1) is 16.3. The second-order valence-corrected chi connectivity index (χ2v) is 7.75. The van der Waals surface area contributed by atoms with Gasteiger partial charge < -0.3 is 10.1 Å².